The van der Waals surface area contributed by atoms with E-state index in [2.05, 4.69) is 43.9 Å². The molecule has 1 saturated heterocycles. The van der Waals surface area contributed by atoms with Gasteiger partial charge in [0.05, 0.1) is 6.04 Å². The van der Waals surface area contributed by atoms with E-state index in [1.165, 1.54) is 12.8 Å². The molecule has 1 saturated carbocycles. The van der Waals surface area contributed by atoms with E-state index in [-0.39, 0.29) is 11.4 Å². The molecule has 9 heteroatoms. The molecular formula is C20H32N8O. The van der Waals surface area contributed by atoms with E-state index in [4.69, 9.17) is 0 Å². The molecule has 9 nitrogen and oxygen atoms in total. The van der Waals surface area contributed by atoms with Crippen molar-refractivity contribution in [3.8, 4) is 0 Å². The summed E-state index contributed by atoms with van der Waals surface area (Å²) in [5, 5.41) is 13.0. The average molecular weight is 401 g/mol. The van der Waals surface area contributed by atoms with Gasteiger partial charge in [-0.05, 0) is 49.7 Å². The van der Waals surface area contributed by atoms with Crippen LogP contribution >= 0.6 is 0 Å². The third-order valence-electron chi connectivity index (χ3n) is 6.78. The fourth-order valence-corrected chi connectivity index (χ4v) is 5.13. The van der Waals surface area contributed by atoms with Crippen molar-refractivity contribution in [2.45, 2.75) is 71.0 Å². The first-order chi connectivity index (χ1) is 14.1. The Bertz CT molecular complexity index is 835. The van der Waals surface area contributed by atoms with Crippen LogP contribution in [0.15, 0.2) is 12.4 Å². The van der Waals surface area contributed by atoms with Gasteiger partial charge >= 0.3 is 0 Å². The van der Waals surface area contributed by atoms with E-state index in [1.54, 1.807) is 6.20 Å². The molecule has 0 N–H and O–H groups in total. The highest BCUT2D eigenvalue weighted by Gasteiger charge is 2.49. The van der Waals surface area contributed by atoms with Crippen molar-refractivity contribution >= 4 is 5.91 Å². The van der Waals surface area contributed by atoms with Gasteiger partial charge in [0, 0.05) is 25.5 Å². The van der Waals surface area contributed by atoms with Gasteiger partial charge in [-0.3, -0.25) is 9.69 Å². The summed E-state index contributed by atoms with van der Waals surface area (Å²) in [6.45, 7) is 9.76. The van der Waals surface area contributed by atoms with Gasteiger partial charge in [0.1, 0.15) is 17.9 Å². The highest BCUT2D eigenvalue weighted by atomic mass is 16.2. The normalized spacial score (nSPS) is 22.8. The highest BCUT2D eigenvalue weighted by molar-refractivity contribution is 5.76. The van der Waals surface area contributed by atoms with Crippen LogP contribution in [0.25, 0.3) is 0 Å². The number of carbonyl (C=O) groups is 1. The van der Waals surface area contributed by atoms with Crippen molar-refractivity contribution in [1.82, 2.24) is 39.6 Å². The Morgan fingerprint density at radius 1 is 1.28 bits per heavy atom. The lowest BCUT2D eigenvalue weighted by Crippen LogP contribution is -2.50. The van der Waals surface area contributed by atoms with Crippen molar-refractivity contribution in [3.05, 3.63) is 24.0 Å². The Morgan fingerprint density at radius 3 is 2.69 bits per heavy atom. The summed E-state index contributed by atoms with van der Waals surface area (Å²) in [7, 11) is 0. The first-order valence-corrected chi connectivity index (χ1v) is 10.9. The summed E-state index contributed by atoms with van der Waals surface area (Å²) >= 11 is 0. The molecule has 3 heterocycles. The quantitative estimate of drug-likeness (QED) is 0.704. The van der Waals surface area contributed by atoms with Crippen LogP contribution in [0.2, 0.25) is 0 Å². The second-order valence-electron chi connectivity index (χ2n) is 8.26. The number of nitrogens with zero attached hydrogens (tertiary/aromatic N) is 8. The minimum atomic E-state index is -0.324. The van der Waals surface area contributed by atoms with Gasteiger partial charge in [0.25, 0.3) is 0 Å². The molecule has 1 amide bonds. The highest BCUT2D eigenvalue weighted by Crippen LogP contribution is 2.39. The Labute approximate surface area is 172 Å². The molecule has 0 bridgehead atoms. The Morgan fingerprint density at radius 2 is 2.03 bits per heavy atom. The molecule has 2 fully saturated rings. The van der Waals surface area contributed by atoms with E-state index in [0.717, 1.165) is 50.5 Å². The minimum Gasteiger partial charge on any atom is -0.339 e. The van der Waals surface area contributed by atoms with Crippen molar-refractivity contribution in [1.29, 1.82) is 0 Å². The molecule has 2 aromatic heterocycles. The second kappa shape index (κ2) is 8.22. The molecule has 1 atom stereocenters. The molecular weight excluding hydrogens is 368 g/mol. The SMILES string of the molecule is CCN(CC)C1(c2nnnn2C2CCCC2)CCN(C(=O)Cn2ccnc2C)C1. The van der Waals surface area contributed by atoms with Crippen LogP contribution in [-0.4, -0.2) is 71.6 Å². The number of tetrazole rings is 1. The maximum Gasteiger partial charge on any atom is 0.242 e. The smallest absolute Gasteiger partial charge is 0.242 e. The molecule has 4 rings (SSSR count). The number of hydrogen-bond acceptors (Lipinski definition) is 6. The first kappa shape index (κ1) is 20.0. The van der Waals surface area contributed by atoms with Crippen molar-refractivity contribution in [2.24, 2.45) is 0 Å². The molecule has 2 aliphatic rings. The van der Waals surface area contributed by atoms with Crippen molar-refractivity contribution in [3.63, 3.8) is 0 Å². The van der Waals surface area contributed by atoms with Gasteiger partial charge < -0.3 is 9.47 Å². The number of amides is 1. The molecule has 0 radical (unpaired) electrons. The van der Waals surface area contributed by atoms with Gasteiger partial charge in [-0.25, -0.2) is 9.67 Å². The molecule has 158 valence electrons. The molecule has 0 spiro atoms. The number of rotatable bonds is 7. The van der Waals surface area contributed by atoms with Crippen LogP contribution in [-0.2, 0) is 16.9 Å². The summed E-state index contributed by atoms with van der Waals surface area (Å²) < 4.78 is 3.97. The van der Waals surface area contributed by atoms with Gasteiger partial charge in [0.15, 0.2) is 5.82 Å². The number of imidazole rings is 1. The number of hydrogen-bond donors (Lipinski definition) is 0. The van der Waals surface area contributed by atoms with Crippen LogP contribution in [0.1, 0.15) is 63.6 Å². The second-order valence-corrected chi connectivity index (χ2v) is 8.26. The zero-order valence-electron chi connectivity index (χ0n) is 17.8. The maximum atomic E-state index is 13.1. The Kier molecular flexibility index (Phi) is 5.67. The lowest BCUT2D eigenvalue weighted by atomic mass is 9.94. The Balaban J connectivity index is 1.61. The fraction of sp³-hybridized carbons (Fsp3) is 0.750. The monoisotopic (exact) mass is 400 g/mol. The van der Waals surface area contributed by atoms with E-state index in [0.29, 0.717) is 19.1 Å². The maximum absolute atomic E-state index is 13.1. The number of likely N-dealkylation sites (N-methyl/N-ethyl adjacent to an activating group) is 1. The number of aryl methyl sites for hydroxylation is 1. The number of carbonyl (C=O) groups excluding carboxylic acids is 1. The van der Waals surface area contributed by atoms with Crippen molar-refractivity contribution < 1.29 is 4.79 Å². The third kappa shape index (κ3) is 3.56. The zero-order valence-corrected chi connectivity index (χ0v) is 17.8. The van der Waals surface area contributed by atoms with E-state index < -0.39 is 0 Å². The lowest BCUT2D eigenvalue weighted by Gasteiger charge is -2.39. The molecule has 0 aromatic carbocycles. The van der Waals surface area contributed by atoms with Crippen LogP contribution in [0, 0.1) is 6.92 Å². The molecule has 1 unspecified atom stereocenters. The van der Waals surface area contributed by atoms with Gasteiger partial charge in [0.2, 0.25) is 5.91 Å². The average Bonchev–Trinajstić information content (AvgIpc) is 3.50. The summed E-state index contributed by atoms with van der Waals surface area (Å²) in [5.74, 6) is 1.92. The first-order valence-electron chi connectivity index (χ1n) is 10.9. The van der Waals surface area contributed by atoms with Crippen LogP contribution in [0.5, 0.6) is 0 Å². The molecule has 1 aliphatic heterocycles. The summed E-state index contributed by atoms with van der Waals surface area (Å²) in [6, 6.07) is 0.380. The van der Waals surface area contributed by atoms with Crippen molar-refractivity contribution in [2.75, 3.05) is 26.2 Å². The van der Waals surface area contributed by atoms with Gasteiger partial charge in [-0.15, -0.1) is 5.10 Å². The standard InChI is InChI=1S/C20H32N8O/c1-4-27(5-2)20(19-22-23-24-28(19)17-8-6-7-9-17)10-12-26(15-20)18(29)14-25-13-11-21-16(25)3/h11,13,17H,4-10,12,14-15H2,1-3H3. The predicted octanol–water partition coefficient (Wildman–Crippen LogP) is 1.76. The molecule has 29 heavy (non-hydrogen) atoms. The minimum absolute atomic E-state index is 0.125. The van der Waals surface area contributed by atoms with Crippen LogP contribution in [0.4, 0.5) is 0 Å². The largest absolute Gasteiger partial charge is 0.339 e. The fourth-order valence-electron chi connectivity index (χ4n) is 5.13. The van der Waals surface area contributed by atoms with E-state index >= 15 is 0 Å². The van der Waals surface area contributed by atoms with Gasteiger partial charge in [-0.2, -0.15) is 0 Å². The topological polar surface area (TPSA) is 85.0 Å². The van der Waals surface area contributed by atoms with E-state index in [1.807, 2.05) is 22.6 Å². The zero-order chi connectivity index (χ0) is 20.4. The van der Waals surface area contributed by atoms with E-state index in [9.17, 15) is 4.79 Å². The summed E-state index contributed by atoms with van der Waals surface area (Å²) in [6.07, 6.45) is 9.19. The number of aromatic nitrogens is 6. The summed E-state index contributed by atoms with van der Waals surface area (Å²) in [5.41, 5.74) is -0.324. The Hall–Kier alpha value is -2.29. The molecule has 1 aliphatic carbocycles. The lowest BCUT2D eigenvalue weighted by molar-refractivity contribution is -0.131. The summed E-state index contributed by atoms with van der Waals surface area (Å²) in [4.78, 5) is 21.7. The predicted molar refractivity (Wildman–Crippen MR) is 108 cm³/mol. The molecule has 2 aromatic rings. The van der Waals surface area contributed by atoms with Gasteiger partial charge in [-0.1, -0.05) is 26.7 Å². The van der Waals surface area contributed by atoms with Crippen LogP contribution < -0.4 is 0 Å². The van der Waals surface area contributed by atoms with Crippen LogP contribution in [0.3, 0.4) is 0 Å². The third-order valence-corrected chi connectivity index (χ3v) is 6.78. The number of likely N-dealkylation sites (tertiary alicyclic amines) is 1.